The van der Waals surface area contributed by atoms with Crippen LogP contribution in [0.3, 0.4) is 0 Å². The van der Waals surface area contributed by atoms with Crippen molar-refractivity contribution in [1.29, 1.82) is 0 Å². The maximum atomic E-state index is 12.3. The first-order chi connectivity index (χ1) is 16.3. The van der Waals surface area contributed by atoms with E-state index >= 15 is 0 Å². The van der Waals surface area contributed by atoms with Crippen molar-refractivity contribution in [3.8, 4) is 11.5 Å². The molecule has 1 aliphatic heterocycles. The third-order valence-corrected chi connectivity index (χ3v) is 5.30. The molecule has 3 aromatic carbocycles. The number of hydrogen-bond acceptors (Lipinski definition) is 7. The number of cyclic esters (lactones) is 1. The average Bonchev–Trinajstić information content (AvgIpc) is 3.17. The number of hydrogen-bond donors (Lipinski definition) is 0. The molecule has 4 rings (SSSR count). The van der Waals surface area contributed by atoms with Crippen LogP contribution in [0.25, 0.3) is 6.08 Å². The van der Waals surface area contributed by atoms with Crippen LogP contribution in [0.4, 0.5) is 5.69 Å². The van der Waals surface area contributed by atoms with Crippen molar-refractivity contribution >= 4 is 35.2 Å². The molecule has 0 aromatic heterocycles. The molecule has 0 unspecified atom stereocenters. The molecule has 9 heteroatoms. The van der Waals surface area contributed by atoms with Gasteiger partial charge in [-0.2, -0.15) is 0 Å². The van der Waals surface area contributed by atoms with Gasteiger partial charge in [-0.1, -0.05) is 47.5 Å². The van der Waals surface area contributed by atoms with Gasteiger partial charge >= 0.3 is 5.97 Å². The summed E-state index contributed by atoms with van der Waals surface area (Å²) >= 11 is 6.12. The zero-order chi connectivity index (χ0) is 24.2. The van der Waals surface area contributed by atoms with E-state index in [1.165, 1.54) is 25.3 Å². The molecule has 0 bridgehead atoms. The van der Waals surface area contributed by atoms with Gasteiger partial charge in [-0.15, -0.1) is 0 Å². The van der Waals surface area contributed by atoms with Crippen LogP contribution in [0, 0.1) is 17.0 Å². The Labute approximate surface area is 200 Å². The van der Waals surface area contributed by atoms with Gasteiger partial charge in [0.05, 0.1) is 22.6 Å². The lowest BCUT2D eigenvalue weighted by Gasteiger charge is -2.12. The van der Waals surface area contributed by atoms with Gasteiger partial charge < -0.3 is 14.2 Å². The van der Waals surface area contributed by atoms with Crippen LogP contribution in [0.2, 0.25) is 5.02 Å². The van der Waals surface area contributed by atoms with Crippen LogP contribution < -0.4 is 9.47 Å². The minimum absolute atomic E-state index is 0.0266. The summed E-state index contributed by atoms with van der Waals surface area (Å²) in [5.41, 5.74) is 2.99. The van der Waals surface area contributed by atoms with Gasteiger partial charge in [-0.25, -0.2) is 9.79 Å². The van der Waals surface area contributed by atoms with E-state index in [1.807, 2.05) is 31.2 Å². The molecular formula is C25H19ClN2O6. The number of benzene rings is 3. The normalized spacial score (nSPS) is 14.0. The summed E-state index contributed by atoms with van der Waals surface area (Å²) in [5, 5.41) is 11.0. The van der Waals surface area contributed by atoms with E-state index in [1.54, 1.807) is 24.3 Å². The van der Waals surface area contributed by atoms with Gasteiger partial charge in [0.2, 0.25) is 5.90 Å². The molecule has 0 amide bonds. The zero-order valence-corrected chi connectivity index (χ0v) is 19.0. The molecule has 0 N–H and O–H groups in total. The number of carbonyl (C=O) groups is 1. The summed E-state index contributed by atoms with van der Waals surface area (Å²) in [7, 11) is 1.53. The van der Waals surface area contributed by atoms with Gasteiger partial charge in [0.15, 0.2) is 17.2 Å². The van der Waals surface area contributed by atoms with E-state index in [-0.39, 0.29) is 27.9 Å². The van der Waals surface area contributed by atoms with Gasteiger partial charge in [-0.05, 0) is 42.3 Å². The molecular weight excluding hydrogens is 460 g/mol. The molecule has 0 saturated heterocycles. The monoisotopic (exact) mass is 478 g/mol. The molecule has 1 aliphatic rings. The molecule has 0 fully saturated rings. The largest absolute Gasteiger partial charge is 0.493 e. The van der Waals surface area contributed by atoms with E-state index in [2.05, 4.69) is 4.99 Å². The highest BCUT2D eigenvalue weighted by molar-refractivity contribution is 6.34. The molecule has 3 aromatic rings. The van der Waals surface area contributed by atoms with Gasteiger partial charge in [-0.3, -0.25) is 10.1 Å². The fourth-order valence-corrected chi connectivity index (χ4v) is 3.59. The maximum Gasteiger partial charge on any atom is 0.363 e. The summed E-state index contributed by atoms with van der Waals surface area (Å²) in [5.74, 6) is 0.363. The third-order valence-electron chi connectivity index (χ3n) is 4.98. The zero-order valence-electron chi connectivity index (χ0n) is 18.3. The van der Waals surface area contributed by atoms with Crippen molar-refractivity contribution in [2.24, 2.45) is 4.99 Å². The fraction of sp³-hybridized carbons (Fsp3) is 0.120. The number of non-ortho nitro benzene ring substituents is 1. The Morgan fingerprint density at radius 1 is 1.12 bits per heavy atom. The van der Waals surface area contributed by atoms with Crippen LogP contribution in [0.15, 0.2) is 71.4 Å². The van der Waals surface area contributed by atoms with Crippen LogP contribution >= 0.6 is 11.6 Å². The Kier molecular flexibility index (Phi) is 6.60. The van der Waals surface area contributed by atoms with Gasteiger partial charge in [0.1, 0.15) is 6.61 Å². The Balaban J connectivity index is 1.55. The second kappa shape index (κ2) is 9.76. The Morgan fingerprint density at radius 3 is 2.65 bits per heavy atom. The van der Waals surface area contributed by atoms with Crippen molar-refractivity contribution in [3.05, 3.63) is 104 Å². The molecule has 34 heavy (non-hydrogen) atoms. The number of esters is 1. The Hall–Kier alpha value is -4.17. The second-order valence-corrected chi connectivity index (χ2v) is 7.85. The number of rotatable bonds is 7. The highest BCUT2D eigenvalue weighted by atomic mass is 35.5. The topological polar surface area (TPSA) is 100 Å². The number of aryl methyl sites for hydroxylation is 1. The molecule has 172 valence electrons. The molecule has 0 aliphatic carbocycles. The van der Waals surface area contributed by atoms with Crippen LogP contribution in [-0.2, 0) is 16.1 Å². The highest BCUT2D eigenvalue weighted by Crippen LogP contribution is 2.31. The average molecular weight is 479 g/mol. The lowest BCUT2D eigenvalue weighted by molar-refractivity contribution is -0.384. The first kappa shape index (κ1) is 23.0. The number of halogens is 1. The number of aliphatic imine (C=N–C) groups is 1. The molecule has 0 radical (unpaired) electrons. The summed E-state index contributed by atoms with van der Waals surface area (Å²) < 4.78 is 16.6. The Bertz CT molecular complexity index is 1350. The Morgan fingerprint density at radius 2 is 1.94 bits per heavy atom. The van der Waals surface area contributed by atoms with E-state index in [0.717, 1.165) is 11.1 Å². The van der Waals surface area contributed by atoms with Crippen molar-refractivity contribution in [1.82, 2.24) is 0 Å². The van der Waals surface area contributed by atoms with E-state index in [9.17, 15) is 14.9 Å². The first-order valence-corrected chi connectivity index (χ1v) is 10.5. The third kappa shape index (κ3) is 5.07. The van der Waals surface area contributed by atoms with E-state index in [0.29, 0.717) is 23.7 Å². The SMILES string of the molecule is COc1cc(/C=C2\N=C(c3ccc([N+](=O)[O-])cc3Cl)OC2=O)ccc1OCc1cccc(C)c1. The lowest BCUT2D eigenvalue weighted by Crippen LogP contribution is -2.06. The predicted octanol–water partition coefficient (Wildman–Crippen LogP) is 5.49. The number of nitrogens with zero attached hydrogens (tertiary/aromatic N) is 2. The van der Waals surface area contributed by atoms with Crippen molar-refractivity contribution in [2.75, 3.05) is 7.11 Å². The minimum Gasteiger partial charge on any atom is -0.493 e. The standard InChI is InChI=1S/C25H19ClN2O6/c1-15-4-3-5-17(10-15)14-33-22-9-6-16(12-23(22)32-2)11-21-25(29)34-24(27-21)19-8-7-18(28(30)31)13-20(19)26/h3-13H,14H2,1-2H3/b21-11-. The number of ether oxygens (including phenoxy) is 3. The maximum absolute atomic E-state index is 12.3. The minimum atomic E-state index is -0.664. The summed E-state index contributed by atoms with van der Waals surface area (Å²) in [6, 6.07) is 17.1. The van der Waals surface area contributed by atoms with Gasteiger partial charge in [0.25, 0.3) is 5.69 Å². The van der Waals surface area contributed by atoms with E-state index < -0.39 is 10.9 Å². The summed E-state index contributed by atoms with van der Waals surface area (Å²) in [6.45, 7) is 2.40. The van der Waals surface area contributed by atoms with Crippen molar-refractivity contribution in [2.45, 2.75) is 13.5 Å². The summed E-state index contributed by atoms with van der Waals surface area (Å²) in [4.78, 5) is 26.9. The smallest absolute Gasteiger partial charge is 0.363 e. The van der Waals surface area contributed by atoms with Crippen molar-refractivity contribution < 1.29 is 23.9 Å². The number of nitro groups is 1. The summed E-state index contributed by atoms with van der Waals surface area (Å²) in [6.07, 6.45) is 1.54. The first-order valence-electron chi connectivity index (χ1n) is 10.2. The van der Waals surface area contributed by atoms with Crippen LogP contribution in [-0.4, -0.2) is 23.9 Å². The number of carbonyl (C=O) groups excluding carboxylic acids is 1. The van der Waals surface area contributed by atoms with Crippen molar-refractivity contribution in [3.63, 3.8) is 0 Å². The van der Waals surface area contributed by atoms with Crippen LogP contribution in [0.5, 0.6) is 11.5 Å². The quantitative estimate of drug-likeness (QED) is 0.193. The fourth-order valence-electron chi connectivity index (χ4n) is 3.33. The molecule has 0 saturated carbocycles. The highest BCUT2D eigenvalue weighted by Gasteiger charge is 2.26. The number of nitro benzene ring substituents is 1. The second-order valence-electron chi connectivity index (χ2n) is 7.45. The van der Waals surface area contributed by atoms with E-state index in [4.69, 9.17) is 25.8 Å². The molecule has 0 spiro atoms. The van der Waals surface area contributed by atoms with Crippen LogP contribution in [0.1, 0.15) is 22.3 Å². The van der Waals surface area contributed by atoms with Gasteiger partial charge in [0, 0.05) is 12.1 Å². The predicted molar refractivity (Wildman–Crippen MR) is 127 cm³/mol. The number of methoxy groups -OCH3 is 1. The molecule has 1 heterocycles. The molecule has 8 nitrogen and oxygen atoms in total. The molecule has 0 atom stereocenters. The lowest BCUT2D eigenvalue weighted by atomic mass is 10.1.